The number of nitrogens with one attached hydrogen (secondary N) is 2. The Hall–Kier alpha value is -3.54. The van der Waals surface area contributed by atoms with Gasteiger partial charge in [0.1, 0.15) is 0 Å². The van der Waals surface area contributed by atoms with Crippen molar-refractivity contribution in [3.05, 3.63) is 78.1 Å². The molecule has 136 valence electrons. The number of aryl methyl sites for hydroxylation is 1. The van der Waals surface area contributed by atoms with Crippen LogP contribution in [0.2, 0.25) is 0 Å². The molecule has 6 nitrogen and oxygen atoms in total. The first-order chi connectivity index (χ1) is 13.1. The first kappa shape index (κ1) is 18.3. The molecule has 6 heteroatoms. The Labute approximate surface area is 157 Å². The summed E-state index contributed by atoms with van der Waals surface area (Å²) in [7, 11) is 0. The van der Waals surface area contributed by atoms with Crippen LogP contribution >= 0.6 is 0 Å². The highest BCUT2D eigenvalue weighted by Crippen LogP contribution is 2.14. The number of benzene rings is 2. The molecule has 0 spiro atoms. The molecule has 2 aromatic carbocycles. The van der Waals surface area contributed by atoms with E-state index in [1.54, 1.807) is 24.5 Å². The van der Waals surface area contributed by atoms with Gasteiger partial charge >= 0.3 is 0 Å². The first-order valence-corrected chi connectivity index (χ1v) is 8.64. The van der Waals surface area contributed by atoms with Crippen molar-refractivity contribution in [2.75, 3.05) is 11.9 Å². The van der Waals surface area contributed by atoms with Crippen LogP contribution in [0.3, 0.4) is 0 Å². The third kappa shape index (κ3) is 5.22. The second-order valence-electron chi connectivity index (χ2n) is 6.08. The highest BCUT2D eigenvalue weighted by Gasteiger charge is 2.08. The average molecular weight is 360 g/mol. The summed E-state index contributed by atoms with van der Waals surface area (Å²) in [5.41, 5.74) is 3.03. The Kier molecular flexibility index (Phi) is 5.89. The predicted molar refractivity (Wildman–Crippen MR) is 104 cm³/mol. The van der Waals surface area contributed by atoms with Gasteiger partial charge in [-0.1, -0.05) is 48.0 Å². The second kappa shape index (κ2) is 8.71. The van der Waals surface area contributed by atoms with Crippen molar-refractivity contribution >= 4 is 17.5 Å². The third-order valence-corrected chi connectivity index (χ3v) is 3.89. The van der Waals surface area contributed by atoms with Crippen LogP contribution in [0.25, 0.3) is 11.4 Å². The van der Waals surface area contributed by atoms with E-state index in [2.05, 4.69) is 20.6 Å². The maximum atomic E-state index is 12.0. The van der Waals surface area contributed by atoms with E-state index < -0.39 is 0 Å². The van der Waals surface area contributed by atoms with E-state index in [-0.39, 0.29) is 24.8 Å². The van der Waals surface area contributed by atoms with Crippen molar-refractivity contribution in [3.63, 3.8) is 0 Å². The van der Waals surface area contributed by atoms with Gasteiger partial charge in [0, 0.05) is 24.1 Å². The molecule has 3 rings (SSSR count). The normalized spacial score (nSPS) is 10.3. The van der Waals surface area contributed by atoms with E-state index in [1.165, 1.54) is 0 Å². The smallest absolute Gasteiger partial charge is 0.251 e. The predicted octanol–water partition coefficient (Wildman–Crippen LogP) is 3.21. The molecule has 2 amide bonds. The van der Waals surface area contributed by atoms with Crippen molar-refractivity contribution in [3.8, 4) is 11.4 Å². The van der Waals surface area contributed by atoms with Crippen molar-refractivity contribution in [2.24, 2.45) is 0 Å². The molecule has 2 N–H and O–H groups in total. The summed E-state index contributed by atoms with van der Waals surface area (Å²) in [5, 5.41) is 5.47. The molecule has 0 atom stereocenters. The zero-order chi connectivity index (χ0) is 19.1. The lowest BCUT2D eigenvalue weighted by atomic mass is 10.1. The van der Waals surface area contributed by atoms with Gasteiger partial charge in [0.05, 0.1) is 18.1 Å². The molecule has 0 fully saturated rings. The largest absolute Gasteiger partial charge is 0.352 e. The highest BCUT2D eigenvalue weighted by molar-refractivity contribution is 5.95. The molecule has 0 unspecified atom stereocenters. The van der Waals surface area contributed by atoms with Gasteiger partial charge in [-0.15, -0.1) is 0 Å². The van der Waals surface area contributed by atoms with Crippen LogP contribution < -0.4 is 10.6 Å². The van der Waals surface area contributed by atoms with Gasteiger partial charge in [-0.2, -0.15) is 0 Å². The number of carbonyl (C=O) groups excluding carboxylic acids is 2. The molecule has 1 heterocycles. The maximum Gasteiger partial charge on any atom is 0.251 e. The molecule has 0 aliphatic carbocycles. The maximum absolute atomic E-state index is 12.0. The lowest BCUT2D eigenvalue weighted by Gasteiger charge is -2.07. The van der Waals surface area contributed by atoms with Gasteiger partial charge in [-0.25, -0.2) is 9.97 Å². The number of aromatic nitrogens is 2. The zero-order valence-corrected chi connectivity index (χ0v) is 15.0. The van der Waals surface area contributed by atoms with Crippen LogP contribution in [0.15, 0.2) is 67.0 Å². The Morgan fingerprint density at radius 2 is 1.70 bits per heavy atom. The summed E-state index contributed by atoms with van der Waals surface area (Å²) in [6.45, 7) is 2.18. The molecule has 27 heavy (non-hydrogen) atoms. The number of hydrogen-bond acceptors (Lipinski definition) is 4. The molecule has 0 aliphatic heterocycles. The molecular weight excluding hydrogens is 340 g/mol. The SMILES string of the molecule is Cc1cccc(C(=O)NCCC(=O)Nc2cnc(-c3ccccc3)nc2)c1. The molecule has 0 saturated heterocycles. The van der Waals surface area contributed by atoms with Crippen LogP contribution in [0.1, 0.15) is 22.3 Å². The molecular formula is C21H20N4O2. The van der Waals surface area contributed by atoms with Gasteiger partial charge in [0.25, 0.3) is 5.91 Å². The number of hydrogen-bond donors (Lipinski definition) is 2. The molecule has 0 aliphatic rings. The summed E-state index contributed by atoms with van der Waals surface area (Å²) < 4.78 is 0. The molecule has 0 saturated carbocycles. The Morgan fingerprint density at radius 1 is 0.963 bits per heavy atom. The summed E-state index contributed by atoms with van der Waals surface area (Å²) in [4.78, 5) is 32.6. The number of anilines is 1. The molecule has 1 aromatic heterocycles. The van der Waals surface area contributed by atoms with Crippen molar-refractivity contribution in [1.29, 1.82) is 0 Å². The highest BCUT2D eigenvalue weighted by atomic mass is 16.2. The topological polar surface area (TPSA) is 84.0 Å². The molecule has 3 aromatic rings. The van der Waals surface area contributed by atoms with E-state index in [0.29, 0.717) is 17.1 Å². The van der Waals surface area contributed by atoms with Crippen LogP contribution in [0.4, 0.5) is 5.69 Å². The Balaban J connectivity index is 1.47. The standard InChI is InChI=1S/C21H20N4O2/c1-15-6-5-9-17(12-15)21(27)22-11-10-19(26)25-18-13-23-20(24-14-18)16-7-3-2-4-8-16/h2-9,12-14H,10-11H2,1H3,(H,22,27)(H,25,26). The van der Waals surface area contributed by atoms with Crippen LogP contribution in [0.5, 0.6) is 0 Å². The van der Waals surface area contributed by atoms with Crippen LogP contribution in [-0.4, -0.2) is 28.3 Å². The number of nitrogens with zero attached hydrogens (tertiary/aromatic N) is 2. The zero-order valence-electron chi connectivity index (χ0n) is 15.0. The minimum atomic E-state index is -0.212. The quantitative estimate of drug-likeness (QED) is 0.707. The van der Waals surface area contributed by atoms with E-state index in [1.807, 2.05) is 49.4 Å². The fourth-order valence-electron chi connectivity index (χ4n) is 2.53. The summed E-state index contributed by atoms with van der Waals surface area (Å²) >= 11 is 0. The van der Waals surface area contributed by atoms with Gasteiger partial charge in [-0.3, -0.25) is 9.59 Å². The number of carbonyl (C=O) groups is 2. The van der Waals surface area contributed by atoms with Gasteiger partial charge in [-0.05, 0) is 19.1 Å². The average Bonchev–Trinajstić information content (AvgIpc) is 2.69. The van der Waals surface area contributed by atoms with Gasteiger partial charge < -0.3 is 10.6 Å². The van der Waals surface area contributed by atoms with E-state index >= 15 is 0 Å². The number of rotatable bonds is 6. The lowest BCUT2D eigenvalue weighted by molar-refractivity contribution is -0.116. The fourth-order valence-corrected chi connectivity index (χ4v) is 2.53. The molecule has 0 radical (unpaired) electrons. The fraction of sp³-hybridized carbons (Fsp3) is 0.143. The van der Waals surface area contributed by atoms with Crippen LogP contribution in [0, 0.1) is 6.92 Å². The minimum absolute atomic E-state index is 0.165. The van der Waals surface area contributed by atoms with E-state index in [0.717, 1.165) is 11.1 Å². The van der Waals surface area contributed by atoms with Gasteiger partial charge in [0.2, 0.25) is 5.91 Å². The second-order valence-corrected chi connectivity index (χ2v) is 6.08. The van der Waals surface area contributed by atoms with E-state index in [9.17, 15) is 9.59 Å². The third-order valence-electron chi connectivity index (χ3n) is 3.89. The van der Waals surface area contributed by atoms with Crippen LogP contribution in [-0.2, 0) is 4.79 Å². The van der Waals surface area contributed by atoms with Crippen molar-refractivity contribution in [2.45, 2.75) is 13.3 Å². The monoisotopic (exact) mass is 360 g/mol. The van der Waals surface area contributed by atoms with Crippen molar-refractivity contribution in [1.82, 2.24) is 15.3 Å². The first-order valence-electron chi connectivity index (χ1n) is 8.64. The van der Waals surface area contributed by atoms with E-state index in [4.69, 9.17) is 0 Å². The summed E-state index contributed by atoms with van der Waals surface area (Å²) in [6, 6.07) is 16.9. The lowest BCUT2D eigenvalue weighted by Crippen LogP contribution is -2.27. The number of amides is 2. The molecule has 0 bridgehead atoms. The minimum Gasteiger partial charge on any atom is -0.352 e. The summed E-state index contributed by atoms with van der Waals surface area (Å²) in [6.07, 6.45) is 3.30. The Morgan fingerprint density at radius 3 is 2.41 bits per heavy atom. The summed E-state index contributed by atoms with van der Waals surface area (Å²) in [5.74, 6) is 0.191. The van der Waals surface area contributed by atoms with Gasteiger partial charge in [0.15, 0.2) is 5.82 Å². The van der Waals surface area contributed by atoms with Crippen molar-refractivity contribution < 1.29 is 9.59 Å². The Bertz CT molecular complexity index is 924.